The van der Waals surface area contributed by atoms with Crippen LogP contribution in [0.2, 0.25) is 0 Å². The number of hydrogen-bond donors (Lipinski definition) is 2. The summed E-state index contributed by atoms with van der Waals surface area (Å²) in [5.74, 6) is -3.68. The zero-order valence-electron chi connectivity index (χ0n) is 15.5. The second-order valence-electron chi connectivity index (χ2n) is 6.32. The van der Waals surface area contributed by atoms with E-state index >= 15 is 0 Å². The lowest BCUT2D eigenvalue weighted by Crippen LogP contribution is -2.37. The van der Waals surface area contributed by atoms with Crippen LogP contribution in [0.4, 0.5) is 40.8 Å². The summed E-state index contributed by atoms with van der Waals surface area (Å²) in [4.78, 5) is 14.6. The number of hydrogen-bond acceptors (Lipinski definition) is 5. The SMILES string of the molecule is NC(=O)C(=CN1C=CN(c2cc(C(F)(F)F)cc(C(F)(F)F)c2)N1)c1ccc(F)nc1F. The number of rotatable bonds is 4. The molecule has 1 aliphatic rings. The molecule has 6 nitrogen and oxygen atoms in total. The van der Waals surface area contributed by atoms with E-state index in [4.69, 9.17) is 5.73 Å². The second kappa shape index (κ2) is 8.11. The quantitative estimate of drug-likeness (QED) is 0.407. The number of alkyl halides is 6. The van der Waals surface area contributed by atoms with Crippen molar-refractivity contribution in [3.8, 4) is 0 Å². The van der Waals surface area contributed by atoms with Crippen LogP contribution in [0, 0.1) is 11.9 Å². The maximum atomic E-state index is 13.9. The van der Waals surface area contributed by atoms with Gasteiger partial charge in [-0.25, -0.2) is 0 Å². The van der Waals surface area contributed by atoms with Crippen LogP contribution in [0.15, 0.2) is 48.9 Å². The summed E-state index contributed by atoms with van der Waals surface area (Å²) in [6.07, 6.45) is -7.05. The summed E-state index contributed by atoms with van der Waals surface area (Å²) >= 11 is 0. The van der Waals surface area contributed by atoms with Gasteiger partial charge >= 0.3 is 12.4 Å². The van der Waals surface area contributed by atoms with Crippen LogP contribution in [0.5, 0.6) is 0 Å². The minimum Gasteiger partial charge on any atom is -0.366 e. The molecule has 0 unspecified atom stereocenters. The van der Waals surface area contributed by atoms with Gasteiger partial charge in [-0.1, -0.05) is 0 Å². The van der Waals surface area contributed by atoms with E-state index in [0.29, 0.717) is 12.1 Å². The first-order chi connectivity index (χ1) is 14.8. The third-order valence-electron chi connectivity index (χ3n) is 4.09. The largest absolute Gasteiger partial charge is 0.416 e. The van der Waals surface area contributed by atoms with E-state index in [-0.39, 0.29) is 6.07 Å². The van der Waals surface area contributed by atoms with Crippen LogP contribution in [0.25, 0.3) is 5.57 Å². The van der Waals surface area contributed by atoms with Gasteiger partial charge in [0.25, 0.3) is 5.91 Å². The normalized spacial score (nSPS) is 14.9. The Morgan fingerprint density at radius 1 is 0.969 bits per heavy atom. The Balaban J connectivity index is 1.94. The van der Waals surface area contributed by atoms with Gasteiger partial charge < -0.3 is 5.73 Å². The fraction of sp³-hybridized carbons (Fsp3) is 0.111. The molecular weight excluding hydrogens is 454 g/mol. The predicted octanol–water partition coefficient (Wildman–Crippen LogP) is 3.94. The Morgan fingerprint density at radius 3 is 2.06 bits per heavy atom. The van der Waals surface area contributed by atoms with Gasteiger partial charge in [0, 0.05) is 24.2 Å². The topological polar surface area (TPSA) is 74.5 Å². The van der Waals surface area contributed by atoms with Gasteiger partial charge in [0.1, 0.15) is 0 Å². The summed E-state index contributed by atoms with van der Waals surface area (Å²) in [7, 11) is 0. The van der Waals surface area contributed by atoms with Gasteiger partial charge in [0.2, 0.25) is 11.9 Å². The van der Waals surface area contributed by atoms with Crippen molar-refractivity contribution in [2.45, 2.75) is 12.4 Å². The van der Waals surface area contributed by atoms with Crippen molar-refractivity contribution in [2.75, 3.05) is 5.01 Å². The number of nitrogens with zero attached hydrogens (tertiary/aromatic N) is 3. The van der Waals surface area contributed by atoms with E-state index in [1.54, 1.807) is 0 Å². The highest BCUT2D eigenvalue weighted by Crippen LogP contribution is 2.38. The molecule has 170 valence electrons. The summed E-state index contributed by atoms with van der Waals surface area (Å²) in [5, 5.41) is 1.70. The first-order valence-electron chi connectivity index (χ1n) is 8.41. The van der Waals surface area contributed by atoms with E-state index < -0.39 is 58.1 Å². The van der Waals surface area contributed by atoms with E-state index in [1.165, 1.54) is 0 Å². The van der Waals surface area contributed by atoms with Crippen molar-refractivity contribution >= 4 is 17.2 Å². The molecule has 0 spiro atoms. The Kier molecular flexibility index (Phi) is 5.82. The van der Waals surface area contributed by atoms with Crippen molar-refractivity contribution in [3.05, 3.63) is 77.5 Å². The van der Waals surface area contributed by atoms with Crippen LogP contribution >= 0.6 is 0 Å². The summed E-state index contributed by atoms with van der Waals surface area (Å²) in [5.41, 5.74) is 2.97. The van der Waals surface area contributed by atoms with Crippen molar-refractivity contribution < 1.29 is 39.9 Å². The number of nitrogens with one attached hydrogen (secondary N) is 1. The lowest BCUT2D eigenvalue weighted by molar-refractivity contribution is -0.143. The number of nitrogens with two attached hydrogens (primary N) is 1. The third kappa shape index (κ3) is 4.96. The highest BCUT2D eigenvalue weighted by molar-refractivity contribution is 6.18. The van der Waals surface area contributed by atoms with Gasteiger partial charge in [-0.15, -0.1) is 5.53 Å². The van der Waals surface area contributed by atoms with Crippen LogP contribution in [-0.4, -0.2) is 15.9 Å². The fourth-order valence-corrected chi connectivity index (χ4v) is 2.64. The molecule has 2 heterocycles. The third-order valence-corrected chi connectivity index (χ3v) is 4.09. The first kappa shape index (κ1) is 23.0. The fourth-order valence-electron chi connectivity index (χ4n) is 2.64. The van der Waals surface area contributed by atoms with Crippen LogP contribution < -0.4 is 16.3 Å². The Morgan fingerprint density at radius 2 is 1.56 bits per heavy atom. The highest BCUT2D eigenvalue weighted by atomic mass is 19.4. The molecule has 1 aliphatic heterocycles. The molecule has 14 heteroatoms. The molecule has 0 saturated carbocycles. The van der Waals surface area contributed by atoms with E-state index in [0.717, 1.165) is 40.8 Å². The number of benzene rings is 1. The van der Waals surface area contributed by atoms with Crippen molar-refractivity contribution in [1.29, 1.82) is 0 Å². The number of hydrazine groups is 2. The molecule has 3 rings (SSSR count). The monoisotopic (exact) mass is 465 g/mol. The Labute approximate surface area is 174 Å². The lowest BCUT2D eigenvalue weighted by atomic mass is 10.1. The molecule has 0 radical (unpaired) electrons. The molecule has 3 N–H and O–H groups in total. The lowest BCUT2D eigenvalue weighted by Gasteiger charge is -2.23. The molecule has 0 bridgehead atoms. The Hall–Kier alpha value is -3.68. The van der Waals surface area contributed by atoms with Crippen molar-refractivity contribution in [1.82, 2.24) is 15.5 Å². The highest BCUT2D eigenvalue weighted by Gasteiger charge is 2.37. The first-order valence-corrected chi connectivity index (χ1v) is 8.41. The van der Waals surface area contributed by atoms with Crippen molar-refractivity contribution in [3.63, 3.8) is 0 Å². The smallest absolute Gasteiger partial charge is 0.366 e. The number of amides is 1. The maximum absolute atomic E-state index is 13.9. The average molecular weight is 465 g/mol. The van der Waals surface area contributed by atoms with Gasteiger partial charge in [-0.2, -0.15) is 40.1 Å². The molecule has 0 saturated heterocycles. The van der Waals surface area contributed by atoms with Gasteiger partial charge in [0.05, 0.1) is 22.4 Å². The Bertz CT molecular complexity index is 1080. The number of anilines is 1. The summed E-state index contributed by atoms with van der Waals surface area (Å²) in [6, 6.07) is 2.55. The predicted molar refractivity (Wildman–Crippen MR) is 94.4 cm³/mol. The minimum atomic E-state index is -5.05. The zero-order chi connectivity index (χ0) is 23.8. The van der Waals surface area contributed by atoms with Crippen LogP contribution in [-0.2, 0) is 17.1 Å². The van der Waals surface area contributed by atoms with Crippen LogP contribution in [0.1, 0.15) is 16.7 Å². The molecule has 0 fully saturated rings. The van der Waals surface area contributed by atoms with E-state index in [2.05, 4.69) is 10.5 Å². The van der Waals surface area contributed by atoms with E-state index in [9.17, 15) is 39.9 Å². The summed E-state index contributed by atoms with van der Waals surface area (Å²) < 4.78 is 105. The van der Waals surface area contributed by atoms with E-state index in [1.807, 2.05) is 0 Å². The average Bonchev–Trinajstić information content (AvgIpc) is 3.13. The van der Waals surface area contributed by atoms with Gasteiger partial charge in [-0.05, 0) is 30.3 Å². The number of halogens is 8. The standard InChI is InChI=1S/C18H11F8N5O/c19-14-2-1-12(15(20)28-14)13(16(27)32)8-30-3-4-31(29-30)11-6-9(17(21,22)23)5-10(7-11)18(24,25)26/h1-8,29H,(H2,27,32). The maximum Gasteiger partial charge on any atom is 0.416 e. The van der Waals surface area contributed by atoms with Gasteiger partial charge in [-0.3, -0.25) is 14.8 Å². The molecule has 2 aromatic rings. The zero-order valence-corrected chi connectivity index (χ0v) is 15.5. The molecule has 1 amide bonds. The minimum absolute atomic E-state index is 0.0313. The van der Waals surface area contributed by atoms with Crippen LogP contribution in [0.3, 0.4) is 0 Å². The molecule has 0 atom stereocenters. The molecule has 1 aromatic heterocycles. The number of pyridine rings is 1. The van der Waals surface area contributed by atoms with Crippen molar-refractivity contribution in [2.24, 2.45) is 5.73 Å². The molecule has 32 heavy (non-hydrogen) atoms. The number of carbonyl (C=O) groups excluding carboxylic acids is 1. The molecular formula is C18H11F8N5O. The number of aromatic nitrogens is 1. The number of primary amides is 1. The summed E-state index contributed by atoms with van der Waals surface area (Å²) in [6.45, 7) is 0. The second-order valence-corrected chi connectivity index (χ2v) is 6.32. The number of carbonyl (C=O) groups is 1. The van der Waals surface area contributed by atoms with Gasteiger partial charge in [0.15, 0.2) is 0 Å². The molecule has 0 aliphatic carbocycles. The molecule has 1 aromatic carbocycles.